The van der Waals surface area contributed by atoms with E-state index in [1.54, 1.807) is 12.4 Å². The molecule has 0 spiro atoms. The quantitative estimate of drug-likeness (QED) is 0.927. The lowest BCUT2D eigenvalue weighted by Crippen LogP contribution is -2.44. The van der Waals surface area contributed by atoms with Gasteiger partial charge in [0.2, 0.25) is 5.91 Å². The van der Waals surface area contributed by atoms with E-state index in [0.717, 1.165) is 37.4 Å². The van der Waals surface area contributed by atoms with Gasteiger partial charge >= 0.3 is 0 Å². The second kappa shape index (κ2) is 6.67. The van der Waals surface area contributed by atoms with Gasteiger partial charge in [-0.3, -0.25) is 19.7 Å². The Bertz CT molecular complexity index is 695. The van der Waals surface area contributed by atoms with E-state index >= 15 is 0 Å². The highest BCUT2D eigenvalue weighted by Crippen LogP contribution is 2.33. The standard InChI is InChI=1S/C18H20N4O2/c23-18(21-13-5-3-6-19-9-13)16-8-15-11-22(12-17(16)24-15)10-14-4-1-2-7-20-14/h1-7,9,15-17H,8,10-12H2,(H,21,23)/t15-,16-,17+/m0/s1. The highest BCUT2D eigenvalue weighted by atomic mass is 16.5. The van der Waals surface area contributed by atoms with E-state index in [9.17, 15) is 4.79 Å². The van der Waals surface area contributed by atoms with Crippen LogP contribution in [0.5, 0.6) is 0 Å². The van der Waals surface area contributed by atoms with Crippen molar-refractivity contribution in [1.82, 2.24) is 14.9 Å². The first-order valence-corrected chi connectivity index (χ1v) is 8.26. The summed E-state index contributed by atoms with van der Waals surface area (Å²) < 4.78 is 6.00. The maximum absolute atomic E-state index is 12.6. The van der Waals surface area contributed by atoms with Crippen LogP contribution in [0.3, 0.4) is 0 Å². The van der Waals surface area contributed by atoms with E-state index in [1.807, 2.05) is 36.5 Å². The summed E-state index contributed by atoms with van der Waals surface area (Å²) in [6.07, 6.45) is 6.01. The second-order valence-electron chi connectivity index (χ2n) is 6.38. The third-order valence-electron chi connectivity index (χ3n) is 4.61. The molecule has 4 rings (SSSR count). The van der Waals surface area contributed by atoms with Gasteiger partial charge in [0.15, 0.2) is 0 Å². The number of pyridine rings is 2. The van der Waals surface area contributed by atoms with Gasteiger partial charge in [0.25, 0.3) is 0 Å². The SMILES string of the molecule is O=C(Nc1cccnc1)[C@H]1C[C@H]2CN(Cc3ccccn3)C[C@H]1O2. The van der Waals surface area contributed by atoms with Crippen LogP contribution in [0, 0.1) is 5.92 Å². The van der Waals surface area contributed by atoms with Crippen LogP contribution in [0.25, 0.3) is 0 Å². The summed E-state index contributed by atoms with van der Waals surface area (Å²) in [4.78, 5) is 23.3. The topological polar surface area (TPSA) is 67.4 Å². The van der Waals surface area contributed by atoms with Gasteiger partial charge in [0.05, 0.1) is 35.7 Å². The molecule has 2 aromatic heterocycles. The lowest BCUT2D eigenvalue weighted by molar-refractivity contribution is -0.123. The van der Waals surface area contributed by atoms with Crippen molar-refractivity contribution < 1.29 is 9.53 Å². The summed E-state index contributed by atoms with van der Waals surface area (Å²) in [6, 6.07) is 9.62. The first kappa shape index (κ1) is 15.2. The smallest absolute Gasteiger partial charge is 0.230 e. The maximum atomic E-state index is 12.6. The van der Waals surface area contributed by atoms with Gasteiger partial charge < -0.3 is 10.1 Å². The largest absolute Gasteiger partial charge is 0.371 e. The van der Waals surface area contributed by atoms with E-state index in [0.29, 0.717) is 0 Å². The second-order valence-corrected chi connectivity index (χ2v) is 6.38. The number of nitrogens with one attached hydrogen (secondary N) is 1. The Morgan fingerprint density at radius 2 is 2.21 bits per heavy atom. The summed E-state index contributed by atoms with van der Waals surface area (Å²) in [6.45, 7) is 2.41. The zero-order valence-corrected chi connectivity index (χ0v) is 13.3. The van der Waals surface area contributed by atoms with Crippen LogP contribution in [0.15, 0.2) is 48.9 Å². The van der Waals surface area contributed by atoms with Crippen LogP contribution in [0.1, 0.15) is 12.1 Å². The zero-order valence-electron chi connectivity index (χ0n) is 13.3. The number of amides is 1. The molecular weight excluding hydrogens is 304 g/mol. The third-order valence-corrected chi connectivity index (χ3v) is 4.61. The number of ether oxygens (including phenoxy) is 1. The average molecular weight is 324 g/mol. The van der Waals surface area contributed by atoms with E-state index in [2.05, 4.69) is 20.2 Å². The lowest BCUT2D eigenvalue weighted by Gasteiger charge is -2.32. The number of carbonyl (C=O) groups excluding carboxylic acids is 1. The lowest BCUT2D eigenvalue weighted by atomic mass is 9.99. The highest BCUT2D eigenvalue weighted by Gasteiger charge is 2.44. The summed E-state index contributed by atoms with van der Waals surface area (Å²) in [5, 5.41) is 2.95. The molecule has 124 valence electrons. The molecular formula is C18H20N4O2. The van der Waals surface area contributed by atoms with Gasteiger partial charge in [-0.05, 0) is 30.7 Å². The Hall–Kier alpha value is -2.31. The third kappa shape index (κ3) is 3.29. The highest BCUT2D eigenvalue weighted by molar-refractivity contribution is 5.93. The Morgan fingerprint density at radius 1 is 1.25 bits per heavy atom. The van der Waals surface area contributed by atoms with Gasteiger partial charge in [-0.15, -0.1) is 0 Å². The van der Waals surface area contributed by atoms with Crippen molar-refractivity contribution in [3.05, 3.63) is 54.6 Å². The first-order chi connectivity index (χ1) is 11.8. The van der Waals surface area contributed by atoms with Gasteiger partial charge in [-0.25, -0.2) is 0 Å². The predicted octanol–water partition coefficient (Wildman–Crippen LogP) is 1.70. The minimum atomic E-state index is -0.107. The van der Waals surface area contributed by atoms with Gasteiger partial charge in [-0.2, -0.15) is 0 Å². The number of likely N-dealkylation sites (tertiary alicyclic amines) is 1. The Balaban J connectivity index is 1.39. The number of hydrogen-bond acceptors (Lipinski definition) is 5. The molecule has 1 N–H and O–H groups in total. The molecule has 0 aromatic carbocycles. The fourth-order valence-electron chi connectivity index (χ4n) is 3.53. The number of fused-ring (bicyclic) bond motifs is 2. The van der Waals surface area contributed by atoms with Gasteiger partial charge in [0, 0.05) is 32.0 Å². The molecule has 2 saturated heterocycles. The number of rotatable bonds is 4. The van der Waals surface area contributed by atoms with Crippen LogP contribution < -0.4 is 5.32 Å². The number of nitrogens with zero attached hydrogens (tertiary/aromatic N) is 3. The van der Waals surface area contributed by atoms with Gasteiger partial charge in [0.1, 0.15) is 0 Å². The molecule has 6 heteroatoms. The first-order valence-electron chi connectivity index (χ1n) is 8.26. The molecule has 2 aliphatic rings. The molecule has 0 aliphatic carbocycles. The molecule has 0 radical (unpaired) electrons. The van der Waals surface area contributed by atoms with Crippen molar-refractivity contribution in [2.24, 2.45) is 5.92 Å². The monoisotopic (exact) mass is 324 g/mol. The molecule has 2 bridgehead atoms. The van der Waals surface area contributed by atoms with Crippen molar-refractivity contribution in [3.8, 4) is 0 Å². The minimum Gasteiger partial charge on any atom is -0.371 e. The summed E-state index contributed by atoms with van der Waals surface area (Å²) >= 11 is 0. The van der Waals surface area contributed by atoms with E-state index < -0.39 is 0 Å². The molecule has 0 unspecified atom stereocenters. The van der Waals surface area contributed by atoms with E-state index in [4.69, 9.17) is 4.74 Å². The Labute approximate surface area is 140 Å². The van der Waals surface area contributed by atoms with E-state index in [-0.39, 0.29) is 24.0 Å². The summed E-state index contributed by atoms with van der Waals surface area (Å²) in [7, 11) is 0. The fourth-order valence-corrected chi connectivity index (χ4v) is 3.53. The van der Waals surface area contributed by atoms with Crippen molar-refractivity contribution in [1.29, 1.82) is 0 Å². The number of morpholine rings is 1. The van der Waals surface area contributed by atoms with E-state index in [1.165, 1.54) is 0 Å². The summed E-state index contributed by atoms with van der Waals surface area (Å²) in [5.74, 6) is -0.0841. The summed E-state index contributed by atoms with van der Waals surface area (Å²) in [5.41, 5.74) is 1.78. The average Bonchev–Trinajstić information content (AvgIpc) is 2.91. The normalized spacial score (nSPS) is 26.2. The molecule has 2 fully saturated rings. The van der Waals surface area contributed by atoms with Crippen LogP contribution in [-0.2, 0) is 16.1 Å². The molecule has 4 heterocycles. The number of anilines is 1. The van der Waals surface area contributed by atoms with Crippen molar-refractivity contribution in [3.63, 3.8) is 0 Å². The molecule has 3 atom stereocenters. The molecule has 2 aliphatic heterocycles. The van der Waals surface area contributed by atoms with Crippen molar-refractivity contribution in [2.75, 3.05) is 18.4 Å². The molecule has 24 heavy (non-hydrogen) atoms. The van der Waals surface area contributed by atoms with Crippen LogP contribution in [-0.4, -0.2) is 46.1 Å². The molecule has 6 nitrogen and oxygen atoms in total. The van der Waals surface area contributed by atoms with Crippen LogP contribution >= 0.6 is 0 Å². The van der Waals surface area contributed by atoms with Crippen LogP contribution in [0.2, 0.25) is 0 Å². The van der Waals surface area contributed by atoms with Crippen molar-refractivity contribution in [2.45, 2.75) is 25.2 Å². The van der Waals surface area contributed by atoms with Gasteiger partial charge in [-0.1, -0.05) is 6.07 Å². The number of hydrogen-bond donors (Lipinski definition) is 1. The number of aromatic nitrogens is 2. The minimum absolute atomic E-state index is 0.0233. The molecule has 1 amide bonds. The number of carbonyl (C=O) groups is 1. The predicted molar refractivity (Wildman–Crippen MR) is 89.1 cm³/mol. The molecule has 0 saturated carbocycles. The maximum Gasteiger partial charge on any atom is 0.230 e. The molecule has 2 aromatic rings. The Kier molecular flexibility index (Phi) is 4.23. The Morgan fingerprint density at radius 3 is 3.00 bits per heavy atom. The van der Waals surface area contributed by atoms with Crippen molar-refractivity contribution >= 4 is 11.6 Å². The zero-order chi connectivity index (χ0) is 16.4. The van der Waals surface area contributed by atoms with Crippen LogP contribution in [0.4, 0.5) is 5.69 Å². The fraction of sp³-hybridized carbons (Fsp3) is 0.389.